The zero-order valence-corrected chi connectivity index (χ0v) is 19.5. The maximum absolute atomic E-state index is 12.2. The highest BCUT2D eigenvalue weighted by atomic mass is 16.2. The molecule has 34 heavy (non-hydrogen) atoms. The van der Waals surface area contributed by atoms with Crippen LogP contribution in [-0.4, -0.2) is 41.7 Å². The van der Waals surface area contributed by atoms with Gasteiger partial charge in [0.25, 0.3) is 5.91 Å². The summed E-state index contributed by atoms with van der Waals surface area (Å²) < 4.78 is 3.54. The summed E-state index contributed by atoms with van der Waals surface area (Å²) in [5.74, 6) is -0.757. The smallest absolute Gasteiger partial charge is 0.288 e. The number of hydrogen-bond donors (Lipinski definition) is 2. The van der Waals surface area contributed by atoms with Gasteiger partial charge in [-0.05, 0) is 37.6 Å². The lowest BCUT2D eigenvalue weighted by Crippen LogP contribution is -2.35. The van der Waals surface area contributed by atoms with Gasteiger partial charge in [-0.2, -0.15) is 15.3 Å². The number of nitrogens with zero attached hydrogens (tertiary/aromatic N) is 8. The first-order valence-electron chi connectivity index (χ1n) is 10.7. The zero-order valence-electron chi connectivity index (χ0n) is 19.5. The molecular weight excluding hydrogens is 432 g/mol. The summed E-state index contributed by atoms with van der Waals surface area (Å²) in [7, 11) is 1.86. The van der Waals surface area contributed by atoms with Crippen molar-refractivity contribution < 1.29 is 4.79 Å². The molecule has 0 saturated heterocycles. The first-order valence-corrected chi connectivity index (χ1v) is 10.7. The standard InChI is InChI=1S/C23H26N10O/c1-23(2,3)30-31-29-21(24)22(34)25-11-15-5-7-16(8-6-15)20-19-9-10-26-33(19)14-18(28-20)17-12-27-32(4)13-17/h5-10,12-14H,11H2,1-4H3,(H,25,34)(H2,24,29,30). The van der Waals surface area contributed by atoms with Crippen molar-refractivity contribution >= 4 is 17.3 Å². The first kappa shape index (κ1) is 22.8. The summed E-state index contributed by atoms with van der Waals surface area (Å²) >= 11 is 0. The fourth-order valence-corrected chi connectivity index (χ4v) is 3.14. The quantitative estimate of drug-likeness (QED) is 0.205. The molecule has 0 saturated carbocycles. The zero-order chi connectivity index (χ0) is 24.3. The van der Waals surface area contributed by atoms with Gasteiger partial charge in [-0.3, -0.25) is 9.48 Å². The molecule has 4 aromatic rings. The van der Waals surface area contributed by atoms with E-state index >= 15 is 0 Å². The largest absolute Gasteiger partial charge is 0.378 e. The van der Waals surface area contributed by atoms with Crippen LogP contribution in [0, 0.1) is 0 Å². The summed E-state index contributed by atoms with van der Waals surface area (Å²) in [5, 5.41) is 22.6. The summed E-state index contributed by atoms with van der Waals surface area (Å²) in [6.45, 7) is 5.90. The van der Waals surface area contributed by atoms with E-state index in [1.165, 1.54) is 0 Å². The van der Waals surface area contributed by atoms with Crippen molar-refractivity contribution in [1.29, 1.82) is 0 Å². The van der Waals surface area contributed by atoms with Crippen molar-refractivity contribution in [3.8, 4) is 22.5 Å². The maximum atomic E-state index is 12.2. The van der Waals surface area contributed by atoms with Crippen molar-refractivity contribution in [3.63, 3.8) is 0 Å². The van der Waals surface area contributed by atoms with Crippen molar-refractivity contribution in [2.24, 2.45) is 28.2 Å². The highest BCUT2D eigenvalue weighted by Gasteiger charge is 2.13. The number of nitrogens with two attached hydrogens (primary N) is 1. The van der Waals surface area contributed by atoms with Crippen molar-refractivity contribution in [3.05, 3.63) is 60.7 Å². The van der Waals surface area contributed by atoms with Gasteiger partial charge in [-0.25, -0.2) is 9.50 Å². The minimum absolute atomic E-state index is 0.246. The molecule has 0 bridgehead atoms. The van der Waals surface area contributed by atoms with Crippen molar-refractivity contribution in [2.75, 3.05) is 0 Å². The molecule has 11 nitrogen and oxygen atoms in total. The summed E-state index contributed by atoms with van der Waals surface area (Å²) in [4.78, 5) is 17.0. The lowest BCUT2D eigenvalue weighted by molar-refractivity contribution is -0.115. The minimum Gasteiger partial charge on any atom is -0.378 e. The van der Waals surface area contributed by atoms with E-state index in [1.807, 2.05) is 70.5 Å². The Kier molecular flexibility index (Phi) is 6.17. The molecule has 0 aliphatic rings. The molecule has 0 aliphatic heterocycles. The first-order chi connectivity index (χ1) is 16.2. The van der Waals surface area contributed by atoms with E-state index < -0.39 is 11.4 Å². The number of benzene rings is 1. The third-order valence-electron chi connectivity index (χ3n) is 4.80. The Bertz CT molecular complexity index is 1370. The molecule has 174 valence electrons. The van der Waals surface area contributed by atoms with Crippen LogP contribution in [0.4, 0.5) is 0 Å². The SMILES string of the molecule is Cn1cc(-c2cn3nccc3c(-c3ccc(CNC(=O)C(N)=NN=NC(C)(C)C)cc3)n2)cn1. The molecule has 3 N–H and O–H groups in total. The average molecular weight is 459 g/mol. The topological polar surface area (TPSA) is 140 Å². The number of carbonyl (C=O) groups is 1. The molecule has 3 heterocycles. The highest BCUT2D eigenvalue weighted by molar-refractivity contribution is 6.37. The molecule has 0 aliphatic carbocycles. The second-order valence-electron chi connectivity index (χ2n) is 8.76. The minimum atomic E-state index is -0.510. The van der Waals surface area contributed by atoms with Crippen LogP contribution < -0.4 is 11.1 Å². The predicted molar refractivity (Wildman–Crippen MR) is 129 cm³/mol. The van der Waals surface area contributed by atoms with Gasteiger partial charge < -0.3 is 11.1 Å². The van der Waals surface area contributed by atoms with E-state index in [0.717, 1.165) is 33.6 Å². The molecule has 0 spiro atoms. The van der Waals surface area contributed by atoms with Gasteiger partial charge in [0.05, 0.1) is 41.0 Å². The summed E-state index contributed by atoms with van der Waals surface area (Å²) in [6.07, 6.45) is 7.30. The van der Waals surface area contributed by atoms with Crippen molar-refractivity contribution in [1.82, 2.24) is 29.7 Å². The fraction of sp³-hybridized carbons (Fsp3) is 0.261. The molecule has 1 aromatic carbocycles. The maximum Gasteiger partial charge on any atom is 0.288 e. The van der Waals surface area contributed by atoms with Crippen LogP contribution in [0.2, 0.25) is 0 Å². The molecule has 1 amide bonds. The van der Waals surface area contributed by atoms with E-state index in [-0.39, 0.29) is 12.4 Å². The van der Waals surface area contributed by atoms with Gasteiger partial charge in [0.15, 0.2) is 0 Å². The monoisotopic (exact) mass is 458 g/mol. The fourth-order valence-electron chi connectivity index (χ4n) is 3.14. The van der Waals surface area contributed by atoms with Crippen LogP contribution in [0.5, 0.6) is 0 Å². The number of rotatable bonds is 5. The Hall–Kier alpha value is -4.41. The molecule has 0 fully saturated rings. The third-order valence-corrected chi connectivity index (χ3v) is 4.80. The van der Waals surface area contributed by atoms with Crippen LogP contribution in [0.1, 0.15) is 26.3 Å². The Balaban J connectivity index is 1.50. The number of nitrogens with one attached hydrogen (secondary N) is 1. The van der Waals surface area contributed by atoms with Gasteiger partial charge >= 0.3 is 0 Å². The number of amides is 1. The Labute approximate surface area is 196 Å². The predicted octanol–water partition coefficient (Wildman–Crippen LogP) is 2.94. The van der Waals surface area contributed by atoms with Crippen LogP contribution >= 0.6 is 0 Å². The van der Waals surface area contributed by atoms with E-state index in [0.29, 0.717) is 0 Å². The van der Waals surface area contributed by atoms with E-state index in [2.05, 4.69) is 31.0 Å². The molecule has 3 aromatic heterocycles. The Morgan fingerprint density at radius 3 is 2.53 bits per heavy atom. The second kappa shape index (κ2) is 9.22. The molecule has 0 atom stereocenters. The highest BCUT2D eigenvalue weighted by Crippen LogP contribution is 2.26. The number of amidine groups is 1. The van der Waals surface area contributed by atoms with Gasteiger partial charge in [0.1, 0.15) is 0 Å². The lowest BCUT2D eigenvalue weighted by Gasteiger charge is -2.09. The molecule has 4 rings (SSSR count). The van der Waals surface area contributed by atoms with Gasteiger partial charge in [0, 0.05) is 30.9 Å². The average Bonchev–Trinajstić information content (AvgIpc) is 3.45. The van der Waals surface area contributed by atoms with Gasteiger partial charge in [-0.1, -0.05) is 24.3 Å². The Morgan fingerprint density at radius 2 is 1.85 bits per heavy atom. The second-order valence-corrected chi connectivity index (χ2v) is 8.76. The number of aromatic nitrogens is 5. The van der Waals surface area contributed by atoms with Crippen LogP contribution in [-0.2, 0) is 18.4 Å². The molecule has 0 unspecified atom stereocenters. The molecule has 11 heteroatoms. The number of hydrogen-bond acceptors (Lipinski definition) is 6. The Morgan fingerprint density at radius 1 is 1.09 bits per heavy atom. The summed E-state index contributed by atoms with van der Waals surface area (Å²) in [6, 6.07) is 9.68. The van der Waals surface area contributed by atoms with E-state index in [1.54, 1.807) is 21.6 Å². The summed E-state index contributed by atoms with van der Waals surface area (Å²) in [5.41, 5.74) is 10.5. The number of carbonyl (C=O) groups excluding carboxylic acids is 1. The number of aryl methyl sites for hydroxylation is 1. The molecule has 0 radical (unpaired) electrons. The van der Waals surface area contributed by atoms with Crippen LogP contribution in [0.25, 0.3) is 28.0 Å². The van der Waals surface area contributed by atoms with E-state index in [9.17, 15) is 4.79 Å². The lowest BCUT2D eigenvalue weighted by atomic mass is 10.1. The van der Waals surface area contributed by atoms with Crippen LogP contribution in [0.3, 0.4) is 0 Å². The van der Waals surface area contributed by atoms with Crippen LogP contribution in [0.15, 0.2) is 70.6 Å². The normalized spacial score (nSPS) is 12.5. The van der Waals surface area contributed by atoms with Crippen molar-refractivity contribution in [2.45, 2.75) is 32.9 Å². The van der Waals surface area contributed by atoms with E-state index in [4.69, 9.17) is 10.7 Å². The van der Waals surface area contributed by atoms with Gasteiger partial charge in [-0.15, -0.1) is 5.10 Å². The number of fused-ring (bicyclic) bond motifs is 1. The van der Waals surface area contributed by atoms with Gasteiger partial charge in [0.2, 0.25) is 5.84 Å². The molecular formula is C23H26N10O. The third kappa shape index (κ3) is 5.31.